The molecule has 2 aromatic heterocycles. The van der Waals surface area contributed by atoms with Gasteiger partial charge < -0.3 is 4.74 Å². The third kappa shape index (κ3) is 2.47. The van der Waals surface area contributed by atoms with Crippen LogP contribution in [0.1, 0.15) is 28.5 Å². The Morgan fingerprint density at radius 2 is 2.05 bits per heavy atom. The number of fused-ring (bicyclic) bond motifs is 1. The largest absolute Gasteiger partial charge is 0.439 e. The summed E-state index contributed by atoms with van der Waals surface area (Å²) >= 11 is 0. The molecule has 0 aliphatic heterocycles. The molecular weight excluding hydrogens is 268 g/mol. The van der Waals surface area contributed by atoms with Gasteiger partial charge in [0.1, 0.15) is 12.1 Å². The number of ether oxygens (including phenoxy) is 1. The van der Waals surface area contributed by atoms with Crippen molar-refractivity contribution in [3.63, 3.8) is 0 Å². The molecule has 0 saturated carbocycles. The lowest BCUT2D eigenvalue weighted by atomic mass is 10.1. The van der Waals surface area contributed by atoms with Gasteiger partial charge in [0.15, 0.2) is 5.78 Å². The Bertz CT molecular complexity index is 839. The van der Waals surface area contributed by atoms with E-state index in [1.807, 2.05) is 19.9 Å². The fourth-order valence-electron chi connectivity index (χ4n) is 2.07. The summed E-state index contributed by atoms with van der Waals surface area (Å²) in [6.07, 6.45) is 1.43. The highest BCUT2D eigenvalue weighted by Crippen LogP contribution is 2.26. The molecule has 21 heavy (non-hydrogen) atoms. The van der Waals surface area contributed by atoms with E-state index in [1.54, 1.807) is 25.1 Å². The molecule has 2 heterocycles. The van der Waals surface area contributed by atoms with Crippen LogP contribution < -0.4 is 4.74 Å². The molecule has 0 amide bonds. The molecule has 1 aromatic carbocycles. The molecule has 0 saturated heterocycles. The van der Waals surface area contributed by atoms with Gasteiger partial charge in [0.2, 0.25) is 5.88 Å². The van der Waals surface area contributed by atoms with E-state index in [-0.39, 0.29) is 5.78 Å². The van der Waals surface area contributed by atoms with Crippen LogP contribution in [0.2, 0.25) is 0 Å². The minimum atomic E-state index is 0.0306. The van der Waals surface area contributed by atoms with Crippen LogP contribution in [-0.4, -0.2) is 25.4 Å². The summed E-state index contributed by atoms with van der Waals surface area (Å²) in [5.41, 5.74) is 2.34. The average Bonchev–Trinajstić information content (AvgIpc) is 2.88. The van der Waals surface area contributed by atoms with Gasteiger partial charge in [-0.25, -0.2) is 4.98 Å². The van der Waals surface area contributed by atoms with Crippen molar-refractivity contribution in [2.24, 2.45) is 0 Å². The molecule has 0 spiro atoms. The van der Waals surface area contributed by atoms with Crippen LogP contribution in [0.3, 0.4) is 0 Å². The van der Waals surface area contributed by atoms with E-state index in [9.17, 15) is 4.79 Å². The van der Waals surface area contributed by atoms with Crippen molar-refractivity contribution >= 4 is 11.6 Å². The van der Waals surface area contributed by atoms with Gasteiger partial charge in [0.25, 0.3) is 5.78 Å². The molecule has 0 unspecified atom stereocenters. The molecule has 3 aromatic rings. The Hall–Kier alpha value is -2.76. The standard InChI is InChI=1S/C15H14N4O2/c1-9-6-12(11(3)20)4-5-13(9)21-14-7-10(2)18-15-16-8-17-19(14)15/h4-8H,1-3H3. The fraction of sp³-hybridized carbons (Fsp3) is 0.200. The maximum Gasteiger partial charge on any atom is 0.255 e. The molecule has 106 valence electrons. The minimum Gasteiger partial charge on any atom is -0.439 e. The van der Waals surface area contributed by atoms with Crippen molar-refractivity contribution in [1.82, 2.24) is 19.6 Å². The van der Waals surface area contributed by atoms with Crippen LogP contribution in [0, 0.1) is 13.8 Å². The number of carbonyl (C=O) groups is 1. The van der Waals surface area contributed by atoms with E-state index in [1.165, 1.54) is 10.8 Å². The van der Waals surface area contributed by atoms with E-state index < -0.39 is 0 Å². The SMILES string of the molecule is CC(=O)c1ccc(Oc2cc(C)nc3ncnn23)c(C)c1. The number of benzene rings is 1. The predicted molar refractivity (Wildman–Crippen MR) is 76.8 cm³/mol. The predicted octanol–water partition coefficient (Wildman–Crippen LogP) is 2.74. The molecule has 0 bridgehead atoms. The van der Waals surface area contributed by atoms with Gasteiger partial charge in [-0.05, 0) is 44.5 Å². The Morgan fingerprint density at radius 3 is 2.76 bits per heavy atom. The fourth-order valence-corrected chi connectivity index (χ4v) is 2.07. The maximum atomic E-state index is 11.4. The van der Waals surface area contributed by atoms with E-state index in [2.05, 4.69) is 15.1 Å². The zero-order chi connectivity index (χ0) is 15.0. The minimum absolute atomic E-state index is 0.0306. The number of hydrogen-bond acceptors (Lipinski definition) is 5. The first-order chi connectivity index (χ1) is 10.0. The van der Waals surface area contributed by atoms with Crippen molar-refractivity contribution in [1.29, 1.82) is 0 Å². The van der Waals surface area contributed by atoms with Crippen LogP contribution in [0.15, 0.2) is 30.6 Å². The first-order valence-corrected chi connectivity index (χ1v) is 6.51. The molecule has 0 fully saturated rings. The van der Waals surface area contributed by atoms with Crippen LogP contribution in [0.4, 0.5) is 0 Å². The summed E-state index contributed by atoms with van der Waals surface area (Å²) in [6.45, 7) is 5.31. The van der Waals surface area contributed by atoms with Gasteiger partial charge in [-0.3, -0.25) is 4.79 Å². The summed E-state index contributed by atoms with van der Waals surface area (Å²) in [6, 6.07) is 7.13. The molecule has 6 heteroatoms. The number of nitrogens with zero attached hydrogens (tertiary/aromatic N) is 4. The monoisotopic (exact) mass is 282 g/mol. The van der Waals surface area contributed by atoms with E-state index in [4.69, 9.17) is 4.74 Å². The highest BCUT2D eigenvalue weighted by atomic mass is 16.5. The number of carbonyl (C=O) groups excluding carboxylic acids is 1. The lowest BCUT2D eigenvalue weighted by Crippen LogP contribution is -2.01. The highest BCUT2D eigenvalue weighted by molar-refractivity contribution is 5.94. The zero-order valence-corrected chi connectivity index (χ0v) is 12.0. The smallest absolute Gasteiger partial charge is 0.255 e. The van der Waals surface area contributed by atoms with Crippen molar-refractivity contribution in [2.75, 3.05) is 0 Å². The number of hydrogen-bond donors (Lipinski definition) is 0. The van der Waals surface area contributed by atoms with E-state index in [0.717, 1.165) is 11.3 Å². The van der Waals surface area contributed by atoms with Gasteiger partial charge in [0.05, 0.1) is 0 Å². The second-order valence-corrected chi connectivity index (χ2v) is 4.85. The summed E-state index contributed by atoms with van der Waals surface area (Å²) in [5.74, 6) is 1.72. The number of rotatable bonds is 3. The highest BCUT2D eigenvalue weighted by Gasteiger charge is 2.10. The van der Waals surface area contributed by atoms with Crippen molar-refractivity contribution in [3.8, 4) is 11.6 Å². The van der Waals surface area contributed by atoms with Crippen molar-refractivity contribution in [3.05, 3.63) is 47.4 Å². The zero-order valence-electron chi connectivity index (χ0n) is 12.0. The molecule has 6 nitrogen and oxygen atoms in total. The molecule has 0 radical (unpaired) electrons. The van der Waals surface area contributed by atoms with Gasteiger partial charge >= 0.3 is 0 Å². The molecular formula is C15H14N4O2. The second kappa shape index (κ2) is 4.97. The lowest BCUT2D eigenvalue weighted by molar-refractivity contribution is 0.101. The van der Waals surface area contributed by atoms with Gasteiger partial charge in [0, 0.05) is 17.3 Å². The third-order valence-corrected chi connectivity index (χ3v) is 3.14. The Morgan fingerprint density at radius 1 is 1.24 bits per heavy atom. The summed E-state index contributed by atoms with van der Waals surface area (Å²) in [4.78, 5) is 19.7. The Labute approximate surface area is 121 Å². The first-order valence-electron chi connectivity index (χ1n) is 6.51. The van der Waals surface area contributed by atoms with Gasteiger partial charge in [-0.15, -0.1) is 0 Å². The van der Waals surface area contributed by atoms with Crippen LogP contribution in [0.5, 0.6) is 11.6 Å². The third-order valence-electron chi connectivity index (χ3n) is 3.14. The van der Waals surface area contributed by atoms with Crippen LogP contribution >= 0.6 is 0 Å². The first kappa shape index (κ1) is 13.2. The number of Topliss-reactive ketones (excluding diaryl/α,β-unsaturated/α-hetero) is 1. The van der Waals surface area contributed by atoms with E-state index >= 15 is 0 Å². The second-order valence-electron chi connectivity index (χ2n) is 4.85. The summed E-state index contributed by atoms with van der Waals surface area (Å²) in [7, 11) is 0. The Kier molecular flexibility index (Phi) is 3.13. The topological polar surface area (TPSA) is 69.4 Å². The normalized spacial score (nSPS) is 10.8. The maximum absolute atomic E-state index is 11.4. The van der Waals surface area contributed by atoms with Crippen LogP contribution in [0.25, 0.3) is 5.78 Å². The van der Waals surface area contributed by atoms with E-state index in [0.29, 0.717) is 23.0 Å². The summed E-state index contributed by atoms with van der Waals surface area (Å²) in [5, 5.41) is 4.10. The van der Waals surface area contributed by atoms with Crippen LogP contribution in [-0.2, 0) is 0 Å². The van der Waals surface area contributed by atoms with Gasteiger partial charge in [-0.1, -0.05) is 0 Å². The van der Waals surface area contributed by atoms with Crippen molar-refractivity contribution in [2.45, 2.75) is 20.8 Å². The molecule has 0 aliphatic rings. The number of ketones is 1. The number of aryl methyl sites for hydroxylation is 2. The molecule has 3 rings (SSSR count). The quantitative estimate of drug-likeness (QED) is 0.691. The van der Waals surface area contributed by atoms with Gasteiger partial charge in [-0.2, -0.15) is 14.6 Å². The lowest BCUT2D eigenvalue weighted by Gasteiger charge is -2.10. The molecule has 0 aliphatic carbocycles. The summed E-state index contributed by atoms with van der Waals surface area (Å²) < 4.78 is 7.44. The molecule has 0 N–H and O–H groups in total. The molecule has 0 atom stereocenters. The van der Waals surface area contributed by atoms with Crippen molar-refractivity contribution < 1.29 is 9.53 Å². The average molecular weight is 282 g/mol. The number of aromatic nitrogens is 4. The Balaban J connectivity index is 2.02.